The summed E-state index contributed by atoms with van der Waals surface area (Å²) < 4.78 is 1.26. The number of halogens is 2. The van der Waals surface area contributed by atoms with Crippen LogP contribution in [0.4, 0.5) is 5.69 Å². The van der Waals surface area contributed by atoms with Gasteiger partial charge in [0.05, 0.1) is 6.54 Å². The summed E-state index contributed by atoms with van der Waals surface area (Å²) in [6.07, 6.45) is 1.28. The molecule has 0 bridgehead atoms. The molecule has 7 heteroatoms. The average Bonchev–Trinajstić information content (AvgIpc) is 2.30. The Morgan fingerprint density at radius 1 is 1.28 bits per heavy atom. The molecule has 0 fully saturated rings. The molecule has 94 valence electrons. The van der Waals surface area contributed by atoms with E-state index in [-0.39, 0.29) is 12.2 Å². The standard InChI is InChI=1S/C11H9Cl2N3O2/c12-7-1-2-8(13)6(3-7)4-16-5-9(14)10(17)15-11(16)18/h1-3,5H,4,14H2,(H,15,17,18). The lowest BCUT2D eigenvalue weighted by molar-refractivity contribution is 0.723. The fourth-order valence-corrected chi connectivity index (χ4v) is 1.86. The fraction of sp³-hybridized carbons (Fsp3) is 0.0909. The summed E-state index contributed by atoms with van der Waals surface area (Å²) in [4.78, 5) is 24.8. The molecule has 5 nitrogen and oxygen atoms in total. The molecule has 0 aliphatic heterocycles. The fourth-order valence-electron chi connectivity index (χ4n) is 1.49. The zero-order chi connectivity index (χ0) is 13.3. The van der Waals surface area contributed by atoms with Gasteiger partial charge in [-0.15, -0.1) is 0 Å². The lowest BCUT2D eigenvalue weighted by Crippen LogP contribution is -2.31. The normalized spacial score (nSPS) is 10.6. The van der Waals surface area contributed by atoms with Gasteiger partial charge in [-0.2, -0.15) is 0 Å². The van der Waals surface area contributed by atoms with Crippen LogP contribution in [-0.4, -0.2) is 9.55 Å². The zero-order valence-corrected chi connectivity index (χ0v) is 10.6. The Kier molecular flexibility index (Phi) is 3.45. The smallest absolute Gasteiger partial charge is 0.328 e. The molecule has 1 aromatic carbocycles. The maximum absolute atomic E-state index is 11.6. The first-order valence-electron chi connectivity index (χ1n) is 5.00. The number of nitrogens with zero attached hydrogens (tertiary/aromatic N) is 1. The number of rotatable bonds is 2. The largest absolute Gasteiger partial charge is 0.393 e. The summed E-state index contributed by atoms with van der Waals surface area (Å²) in [5, 5.41) is 0.996. The molecule has 2 rings (SSSR count). The van der Waals surface area contributed by atoms with Crippen molar-refractivity contribution in [2.75, 3.05) is 5.73 Å². The number of nitrogens with two attached hydrogens (primary N) is 1. The predicted octanol–water partition coefficient (Wildman–Crippen LogP) is 1.47. The molecular weight excluding hydrogens is 277 g/mol. The molecular formula is C11H9Cl2N3O2. The van der Waals surface area contributed by atoms with Crippen LogP contribution in [0.1, 0.15) is 5.56 Å². The lowest BCUT2D eigenvalue weighted by atomic mass is 10.2. The molecule has 0 radical (unpaired) electrons. The van der Waals surface area contributed by atoms with E-state index in [0.29, 0.717) is 15.6 Å². The third-order valence-corrected chi connectivity index (χ3v) is 2.99. The number of nitrogen functional groups attached to an aromatic ring is 1. The van der Waals surface area contributed by atoms with E-state index >= 15 is 0 Å². The molecule has 0 saturated carbocycles. The van der Waals surface area contributed by atoms with Gasteiger partial charge < -0.3 is 5.73 Å². The van der Waals surface area contributed by atoms with Crippen molar-refractivity contribution in [2.45, 2.75) is 6.54 Å². The van der Waals surface area contributed by atoms with Gasteiger partial charge in [-0.3, -0.25) is 14.3 Å². The molecule has 0 atom stereocenters. The molecule has 0 unspecified atom stereocenters. The summed E-state index contributed by atoms with van der Waals surface area (Å²) in [5.74, 6) is 0. The second-order valence-electron chi connectivity index (χ2n) is 3.71. The van der Waals surface area contributed by atoms with Gasteiger partial charge in [0.25, 0.3) is 5.56 Å². The maximum Gasteiger partial charge on any atom is 0.328 e. The number of anilines is 1. The molecule has 0 saturated heterocycles. The highest BCUT2D eigenvalue weighted by atomic mass is 35.5. The lowest BCUT2D eigenvalue weighted by Gasteiger charge is -2.08. The van der Waals surface area contributed by atoms with E-state index in [1.807, 2.05) is 0 Å². The second-order valence-corrected chi connectivity index (χ2v) is 4.55. The zero-order valence-electron chi connectivity index (χ0n) is 9.11. The number of hydrogen-bond acceptors (Lipinski definition) is 3. The van der Waals surface area contributed by atoms with Gasteiger partial charge in [0.2, 0.25) is 0 Å². The van der Waals surface area contributed by atoms with E-state index in [4.69, 9.17) is 28.9 Å². The Balaban J connectivity index is 2.46. The summed E-state index contributed by atoms with van der Waals surface area (Å²) in [5.41, 5.74) is 4.92. The van der Waals surface area contributed by atoms with Crippen molar-refractivity contribution < 1.29 is 0 Å². The van der Waals surface area contributed by atoms with E-state index < -0.39 is 11.2 Å². The average molecular weight is 286 g/mol. The van der Waals surface area contributed by atoms with Gasteiger partial charge >= 0.3 is 5.69 Å². The van der Waals surface area contributed by atoms with Crippen LogP contribution in [0.2, 0.25) is 10.0 Å². The van der Waals surface area contributed by atoms with Crippen LogP contribution in [0.3, 0.4) is 0 Å². The van der Waals surface area contributed by atoms with Crippen molar-refractivity contribution in [3.05, 3.63) is 60.8 Å². The van der Waals surface area contributed by atoms with Crippen molar-refractivity contribution in [1.29, 1.82) is 0 Å². The number of hydrogen-bond donors (Lipinski definition) is 2. The summed E-state index contributed by atoms with van der Waals surface area (Å²) >= 11 is 11.8. The van der Waals surface area contributed by atoms with E-state index in [1.165, 1.54) is 10.8 Å². The van der Waals surface area contributed by atoms with Gasteiger partial charge in [0.15, 0.2) is 0 Å². The third kappa shape index (κ3) is 2.57. The molecule has 0 aliphatic carbocycles. The number of aromatic amines is 1. The molecule has 0 aliphatic rings. The Bertz CT molecular complexity index is 706. The van der Waals surface area contributed by atoms with Crippen molar-refractivity contribution in [1.82, 2.24) is 9.55 Å². The minimum atomic E-state index is -0.603. The Labute approximate surface area is 112 Å². The second kappa shape index (κ2) is 4.88. The van der Waals surface area contributed by atoms with Gasteiger partial charge in [-0.1, -0.05) is 23.2 Å². The highest BCUT2D eigenvalue weighted by Crippen LogP contribution is 2.21. The number of nitrogens with one attached hydrogen (secondary N) is 1. The van der Waals surface area contributed by atoms with Crippen LogP contribution in [0.15, 0.2) is 34.0 Å². The SMILES string of the molecule is Nc1cn(Cc2cc(Cl)ccc2Cl)c(=O)[nH]c1=O. The molecule has 1 heterocycles. The van der Waals surface area contributed by atoms with Crippen LogP contribution >= 0.6 is 23.2 Å². The highest BCUT2D eigenvalue weighted by Gasteiger charge is 2.06. The monoisotopic (exact) mass is 285 g/mol. The Morgan fingerprint density at radius 2 is 2.00 bits per heavy atom. The van der Waals surface area contributed by atoms with Crippen LogP contribution in [-0.2, 0) is 6.54 Å². The molecule has 0 amide bonds. The maximum atomic E-state index is 11.6. The predicted molar refractivity (Wildman–Crippen MR) is 71.3 cm³/mol. The van der Waals surface area contributed by atoms with Crippen LogP contribution < -0.4 is 17.0 Å². The summed E-state index contributed by atoms with van der Waals surface area (Å²) in [7, 11) is 0. The minimum Gasteiger partial charge on any atom is -0.393 e. The molecule has 1 aromatic heterocycles. The Morgan fingerprint density at radius 3 is 2.72 bits per heavy atom. The first-order chi connectivity index (χ1) is 8.47. The van der Waals surface area contributed by atoms with Crippen LogP contribution in [0.25, 0.3) is 0 Å². The number of benzene rings is 1. The minimum absolute atomic E-state index is 0.0345. The Hall–Kier alpha value is -1.72. The van der Waals surface area contributed by atoms with E-state index in [0.717, 1.165) is 0 Å². The summed E-state index contributed by atoms with van der Waals surface area (Å²) in [6.45, 7) is 0.180. The van der Waals surface area contributed by atoms with Gasteiger partial charge in [0.1, 0.15) is 5.69 Å². The van der Waals surface area contributed by atoms with E-state index in [9.17, 15) is 9.59 Å². The van der Waals surface area contributed by atoms with Gasteiger partial charge in [0, 0.05) is 16.2 Å². The topological polar surface area (TPSA) is 80.9 Å². The molecule has 18 heavy (non-hydrogen) atoms. The summed E-state index contributed by atoms with van der Waals surface area (Å²) in [6, 6.07) is 4.94. The van der Waals surface area contributed by atoms with Crippen molar-refractivity contribution in [2.24, 2.45) is 0 Å². The van der Waals surface area contributed by atoms with E-state index in [1.54, 1.807) is 18.2 Å². The molecule has 2 aromatic rings. The highest BCUT2D eigenvalue weighted by molar-refractivity contribution is 6.33. The van der Waals surface area contributed by atoms with Crippen molar-refractivity contribution in [3.63, 3.8) is 0 Å². The quantitative estimate of drug-likeness (QED) is 0.877. The van der Waals surface area contributed by atoms with Crippen LogP contribution in [0, 0.1) is 0 Å². The van der Waals surface area contributed by atoms with Crippen molar-refractivity contribution >= 4 is 28.9 Å². The van der Waals surface area contributed by atoms with Crippen LogP contribution in [0.5, 0.6) is 0 Å². The van der Waals surface area contributed by atoms with Crippen molar-refractivity contribution in [3.8, 4) is 0 Å². The van der Waals surface area contributed by atoms with Gasteiger partial charge in [-0.25, -0.2) is 4.79 Å². The number of H-pyrrole nitrogens is 1. The van der Waals surface area contributed by atoms with Gasteiger partial charge in [-0.05, 0) is 23.8 Å². The first kappa shape index (κ1) is 12.7. The molecule has 3 N–H and O–H groups in total. The molecule has 0 spiro atoms. The van der Waals surface area contributed by atoms with E-state index in [2.05, 4.69) is 4.98 Å². The first-order valence-corrected chi connectivity index (χ1v) is 5.76. The third-order valence-electron chi connectivity index (χ3n) is 2.39. The number of aromatic nitrogens is 2.